The van der Waals surface area contributed by atoms with Crippen LogP contribution in [-0.4, -0.2) is 25.6 Å². The molecule has 2 N–H and O–H groups in total. The predicted octanol–water partition coefficient (Wildman–Crippen LogP) is 9.30. The molecule has 0 amide bonds. The summed E-state index contributed by atoms with van der Waals surface area (Å²) in [6, 6.07) is 52.4. The molecule has 0 bridgehead atoms. The zero-order valence-corrected chi connectivity index (χ0v) is 31.7. The molecular weight excluding hydrogens is 695 g/mol. The van der Waals surface area contributed by atoms with E-state index in [2.05, 4.69) is 207 Å². The molecule has 0 saturated heterocycles. The van der Waals surface area contributed by atoms with Gasteiger partial charge in [-0.1, -0.05) is 91.0 Å². The number of aromatic nitrogens is 3. The van der Waals surface area contributed by atoms with Crippen LogP contribution in [0.3, 0.4) is 0 Å². The molecule has 265 valence electrons. The van der Waals surface area contributed by atoms with Crippen LogP contribution in [0, 0.1) is 0 Å². The fourth-order valence-electron chi connectivity index (χ4n) is 8.64. The van der Waals surface area contributed by atoms with Gasteiger partial charge in [0.25, 0.3) is 5.65 Å². The van der Waals surface area contributed by atoms with Crippen molar-refractivity contribution in [2.45, 2.75) is 0 Å². The van der Waals surface area contributed by atoms with Crippen molar-refractivity contribution in [2.24, 2.45) is 14.1 Å². The standard InChI is InChI=1S/C46H36N7OSi/c1-49-28-34(44-46(49)50(2)29-47-44)30-22-24-39-41(26-30)52(40-21-13-12-20-38(40)51(39)3)43-27-33-42(54-43)25-23-36-45(33)53(37-19-11-10-18-35(37)48-36)55(31-14-6-4-7-15-31)32-16-8-5-9-17-32/h4-29,48H,1-3H3/p+1. The topological polar surface area (TPSA) is 59.5 Å². The van der Waals surface area contributed by atoms with Gasteiger partial charge in [0, 0.05) is 18.5 Å². The summed E-state index contributed by atoms with van der Waals surface area (Å²) in [5.74, 6) is 0.763. The van der Waals surface area contributed by atoms with Crippen LogP contribution in [0.5, 0.6) is 0 Å². The zero-order valence-electron chi connectivity index (χ0n) is 30.7. The number of H-pyrrole nitrogens is 1. The molecule has 2 aliphatic rings. The Hall–Kier alpha value is -6.97. The van der Waals surface area contributed by atoms with E-state index in [1.165, 1.54) is 10.4 Å². The second-order valence-electron chi connectivity index (χ2n) is 14.3. The highest BCUT2D eigenvalue weighted by Crippen LogP contribution is 2.54. The van der Waals surface area contributed by atoms with Crippen LogP contribution in [0.1, 0.15) is 0 Å². The number of nitrogens with one attached hydrogen (secondary N) is 2. The predicted molar refractivity (Wildman–Crippen MR) is 226 cm³/mol. The minimum Gasteiger partial charge on any atom is -0.440 e. The van der Waals surface area contributed by atoms with Crippen LogP contribution in [-0.2, 0) is 14.1 Å². The van der Waals surface area contributed by atoms with E-state index in [0.717, 1.165) is 84.6 Å². The van der Waals surface area contributed by atoms with Gasteiger partial charge in [-0.25, -0.2) is 4.57 Å². The minimum atomic E-state index is -1.56. The van der Waals surface area contributed by atoms with Crippen LogP contribution in [0.2, 0.25) is 0 Å². The summed E-state index contributed by atoms with van der Waals surface area (Å²) in [6.07, 6.45) is 4.22. The van der Waals surface area contributed by atoms with Crippen molar-refractivity contribution in [1.82, 2.24) is 9.55 Å². The molecule has 0 atom stereocenters. The third-order valence-corrected chi connectivity index (χ3v) is 13.8. The Kier molecular flexibility index (Phi) is 6.90. The minimum absolute atomic E-state index is 0.763. The van der Waals surface area contributed by atoms with Gasteiger partial charge in [0.15, 0.2) is 11.8 Å². The molecule has 2 aliphatic heterocycles. The summed E-state index contributed by atoms with van der Waals surface area (Å²) in [5, 5.41) is 7.47. The van der Waals surface area contributed by atoms with E-state index in [1.54, 1.807) is 0 Å². The molecular formula is C46H37N7OSi+. The number of furan rings is 1. The van der Waals surface area contributed by atoms with E-state index in [-0.39, 0.29) is 0 Å². The number of aryl methyl sites for hydroxylation is 2. The lowest BCUT2D eigenvalue weighted by molar-refractivity contribution is -0.647. The summed E-state index contributed by atoms with van der Waals surface area (Å²) in [4.78, 5) is 8.08. The fraction of sp³-hybridized carbons (Fsp3) is 0.0652. The van der Waals surface area contributed by atoms with Gasteiger partial charge in [-0.05, 0) is 64.5 Å². The Morgan fingerprint density at radius 3 is 2.07 bits per heavy atom. The van der Waals surface area contributed by atoms with E-state index < -0.39 is 8.96 Å². The fourth-order valence-corrected chi connectivity index (χ4v) is 11.4. The molecule has 9 heteroatoms. The first-order valence-electron chi connectivity index (χ1n) is 18.5. The van der Waals surface area contributed by atoms with Gasteiger partial charge >= 0.3 is 0 Å². The smallest absolute Gasteiger partial charge is 0.268 e. The first-order chi connectivity index (χ1) is 27.0. The van der Waals surface area contributed by atoms with Gasteiger partial charge in [0.05, 0.1) is 71.4 Å². The first kappa shape index (κ1) is 31.5. The second-order valence-corrected chi connectivity index (χ2v) is 16.6. The number of fused-ring (bicyclic) bond motifs is 7. The third-order valence-electron chi connectivity index (χ3n) is 11.1. The van der Waals surface area contributed by atoms with Gasteiger partial charge in [-0.3, -0.25) is 14.5 Å². The molecule has 3 aromatic heterocycles. The number of benzene rings is 6. The van der Waals surface area contributed by atoms with Gasteiger partial charge in [-0.15, -0.1) is 0 Å². The zero-order chi connectivity index (χ0) is 36.8. The summed E-state index contributed by atoms with van der Waals surface area (Å²) in [7, 11) is 4.76. The van der Waals surface area contributed by atoms with Gasteiger partial charge in [0.1, 0.15) is 5.58 Å². The van der Waals surface area contributed by atoms with E-state index in [9.17, 15) is 0 Å². The van der Waals surface area contributed by atoms with E-state index >= 15 is 0 Å². The number of imidazole rings is 1. The highest BCUT2D eigenvalue weighted by molar-refractivity contribution is 6.89. The van der Waals surface area contributed by atoms with Crippen LogP contribution in [0.25, 0.3) is 33.3 Å². The highest BCUT2D eigenvalue weighted by Gasteiger charge is 2.36. The molecule has 1 radical (unpaired) electrons. The molecule has 0 saturated carbocycles. The van der Waals surface area contributed by atoms with Crippen molar-refractivity contribution in [2.75, 3.05) is 26.7 Å². The normalized spacial score (nSPS) is 13.2. The van der Waals surface area contributed by atoms with Gasteiger partial charge in [0.2, 0.25) is 14.8 Å². The average Bonchev–Trinajstić information content (AvgIpc) is 3.93. The number of para-hydroxylation sites is 4. The molecule has 0 spiro atoms. The number of hydrogen-bond donors (Lipinski definition) is 2. The molecule has 0 fully saturated rings. The Balaban J connectivity index is 1.14. The Bertz CT molecular complexity index is 2890. The summed E-state index contributed by atoms with van der Waals surface area (Å²) < 4.78 is 13.9. The first-order valence-corrected chi connectivity index (χ1v) is 20.0. The summed E-state index contributed by atoms with van der Waals surface area (Å²) in [5.41, 5.74) is 14.1. The molecule has 5 heterocycles. The lowest BCUT2D eigenvalue weighted by Crippen LogP contribution is -2.55. The quantitative estimate of drug-likeness (QED) is 0.137. The van der Waals surface area contributed by atoms with Crippen LogP contribution >= 0.6 is 0 Å². The lowest BCUT2D eigenvalue weighted by Gasteiger charge is -2.39. The number of aromatic amines is 1. The Morgan fingerprint density at radius 2 is 1.31 bits per heavy atom. The van der Waals surface area contributed by atoms with E-state index in [1.807, 2.05) is 6.33 Å². The molecule has 0 unspecified atom stereocenters. The monoisotopic (exact) mass is 731 g/mol. The Morgan fingerprint density at radius 1 is 0.636 bits per heavy atom. The summed E-state index contributed by atoms with van der Waals surface area (Å²) in [6.45, 7) is 0. The molecule has 55 heavy (non-hydrogen) atoms. The number of anilines is 9. The lowest BCUT2D eigenvalue weighted by atomic mass is 10.0. The van der Waals surface area contributed by atoms with Crippen molar-refractivity contribution in [1.29, 1.82) is 0 Å². The number of hydrogen-bond acceptors (Lipinski definition) is 5. The number of nitrogens with zero attached hydrogens (tertiary/aromatic N) is 5. The molecule has 0 aliphatic carbocycles. The van der Waals surface area contributed by atoms with Crippen LogP contribution in [0.4, 0.5) is 51.4 Å². The molecule has 6 aromatic carbocycles. The highest BCUT2D eigenvalue weighted by atomic mass is 28.3. The molecule has 8 nitrogen and oxygen atoms in total. The maximum Gasteiger partial charge on any atom is 0.268 e. The van der Waals surface area contributed by atoms with Gasteiger partial charge in [-0.2, -0.15) is 0 Å². The molecule has 9 aromatic rings. The number of rotatable bonds is 5. The van der Waals surface area contributed by atoms with Gasteiger partial charge < -0.3 is 19.2 Å². The maximum atomic E-state index is 7.02. The van der Waals surface area contributed by atoms with Crippen LogP contribution < -0.4 is 34.6 Å². The maximum absolute atomic E-state index is 7.02. The summed E-state index contributed by atoms with van der Waals surface area (Å²) >= 11 is 0. The van der Waals surface area contributed by atoms with Crippen molar-refractivity contribution in [3.63, 3.8) is 0 Å². The van der Waals surface area contributed by atoms with Crippen molar-refractivity contribution < 1.29 is 8.98 Å². The second kappa shape index (κ2) is 12.0. The van der Waals surface area contributed by atoms with Crippen molar-refractivity contribution in [3.05, 3.63) is 158 Å². The SMILES string of the molecule is CN1c2ccccc2N(c2cc3c4c(ccc3o2)Nc2ccccc2N4[Si](c2ccccc2)c2ccccc2)c2cc(-c3cn(C)c4c3[nH]c[n+]4C)ccc21. The Labute approximate surface area is 320 Å². The van der Waals surface area contributed by atoms with Crippen molar-refractivity contribution in [3.8, 4) is 11.1 Å². The largest absolute Gasteiger partial charge is 0.440 e. The average molecular weight is 732 g/mol. The van der Waals surface area contributed by atoms with E-state index in [0.29, 0.717) is 0 Å². The van der Waals surface area contributed by atoms with E-state index in [4.69, 9.17) is 4.42 Å². The van der Waals surface area contributed by atoms with Crippen molar-refractivity contribution >= 4 is 92.8 Å². The van der Waals surface area contributed by atoms with Crippen LogP contribution in [0.15, 0.2) is 163 Å². The molecule has 11 rings (SSSR count). The third kappa shape index (κ3) is 4.73.